The molecule has 1 N–H and O–H groups in total. The van der Waals surface area contributed by atoms with E-state index in [0.29, 0.717) is 28.3 Å². The van der Waals surface area contributed by atoms with Crippen LogP contribution in [0.5, 0.6) is 5.75 Å². The second-order valence-corrected chi connectivity index (χ2v) is 10.4. The lowest BCUT2D eigenvalue weighted by Gasteiger charge is -2.15. The minimum absolute atomic E-state index is 0.243. The van der Waals surface area contributed by atoms with E-state index in [4.69, 9.17) is 9.72 Å². The molecule has 4 aromatic rings. The third-order valence-electron chi connectivity index (χ3n) is 5.75. The van der Waals surface area contributed by atoms with Crippen LogP contribution in [0.1, 0.15) is 36.3 Å². The molecule has 2 aromatic heterocycles. The molecule has 0 fully saturated rings. The number of hydrogen-bond donors (Lipinski definition) is 1. The van der Waals surface area contributed by atoms with Gasteiger partial charge in [-0.1, -0.05) is 37.2 Å². The molecule has 0 unspecified atom stereocenters. The van der Waals surface area contributed by atoms with Crippen LogP contribution < -0.4 is 15.6 Å². The van der Waals surface area contributed by atoms with Crippen molar-refractivity contribution in [2.75, 3.05) is 17.7 Å². The van der Waals surface area contributed by atoms with E-state index in [2.05, 4.69) is 12.2 Å². The van der Waals surface area contributed by atoms with Gasteiger partial charge in [0.25, 0.3) is 5.56 Å². The lowest BCUT2D eigenvalue weighted by Crippen LogP contribution is -2.23. The van der Waals surface area contributed by atoms with Crippen molar-refractivity contribution >= 4 is 44.9 Å². The van der Waals surface area contributed by atoms with E-state index in [-0.39, 0.29) is 22.2 Å². The summed E-state index contributed by atoms with van der Waals surface area (Å²) in [7, 11) is 0. The van der Waals surface area contributed by atoms with Crippen molar-refractivity contribution in [2.24, 2.45) is 0 Å². The number of halogens is 3. The summed E-state index contributed by atoms with van der Waals surface area (Å²) in [4.78, 5) is 32.8. The largest absolute Gasteiger partial charge is 0.494 e. The van der Waals surface area contributed by atoms with Crippen molar-refractivity contribution in [1.82, 2.24) is 9.55 Å². The predicted molar refractivity (Wildman–Crippen MR) is 146 cm³/mol. The molecule has 0 spiro atoms. The van der Waals surface area contributed by atoms with Crippen LogP contribution in [0.3, 0.4) is 0 Å². The normalized spacial score (nSPS) is 11.6. The van der Waals surface area contributed by atoms with Gasteiger partial charge in [0.1, 0.15) is 10.6 Å². The van der Waals surface area contributed by atoms with E-state index in [1.807, 2.05) is 13.8 Å². The van der Waals surface area contributed by atoms with Gasteiger partial charge in [0, 0.05) is 4.88 Å². The lowest BCUT2D eigenvalue weighted by molar-refractivity contribution is -0.137. The number of carbonyl (C=O) groups is 1. The Morgan fingerprint density at radius 3 is 2.50 bits per heavy atom. The minimum atomic E-state index is -4.61. The second kappa shape index (κ2) is 11.6. The fourth-order valence-corrected chi connectivity index (χ4v) is 6.15. The summed E-state index contributed by atoms with van der Waals surface area (Å²) in [5.41, 5.74) is -0.0822. The number of para-hydroxylation sites is 1. The fraction of sp³-hybridized carbons (Fsp3) is 0.296. The van der Waals surface area contributed by atoms with Gasteiger partial charge in [-0.3, -0.25) is 14.2 Å². The molecule has 2 heterocycles. The standard InChI is InChI=1S/C27H26F3N3O3S2/c1-4-8-21-16(3)23-24(38-21)32-26(33(25(23)35)17-11-13-18(14-12-17)36-5-2)37-15-22(34)31-20-10-7-6-9-19(20)27(28,29)30/h6-7,9-14H,4-5,8,15H2,1-3H3,(H,31,34). The Kier molecular flexibility index (Phi) is 8.47. The Morgan fingerprint density at radius 1 is 1.13 bits per heavy atom. The highest BCUT2D eigenvalue weighted by molar-refractivity contribution is 7.99. The SMILES string of the molecule is CCCc1sc2nc(SCC(=O)Nc3ccccc3C(F)(F)F)n(-c3ccc(OCC)cc3)c(=O)c2c1C. The van der Waals surface area contributed by atoms with Crippen LogP contribution in [0, 0.1) is 6.92 Å². The summed E-state index contributed by atoms with van der Waals surface area (Å²) in [6.45, 7) is 6.34. The number of anilines is 1. The predicted octanol–water partition coefficient (Wildman–Crippen LogP) is 6.86. The van der Waals surface area contributed by atoms with Crippen molar-refractivity contribution < 1.29 is 22.7 Å². The molecule has 4 rings (SSSR count). The smallest absolute Gasteiger partial charge is 0.418 e. The highest BCUT2D eigenvalue weighted by Gasteiger charge is 2.33. The monoisotopic (exact) mass is 561 g/mol. The number of aryl methyl sites for hydroxylation is 2. The van der Waals surface area contributed by atoms with Gasteiger partial charge in [-0.25, -0.2) is 4.98 Å². The number of nitrogens with zero attached hydrogens (tertiary/aromatic N) is 2. The lowest BCUT2D eigenvalue weighted by atomic mass is 10.1. The third-order valence-corrected chi connectivity index (χ3v) is 7.94. The van der Waals surface area contributed by atoms with Crippen LogP contribution in [-0.2, 0) is 17.4 Å². The molecule has 0 atom stereocenters. The Labute approximate surface area is 225 Å². The number of alkyl halides is 3. The number of hydrogen-bond acceptors (Lipinski definition) is 6. The van der Waals surface area contributed by atoms with E-state index in [1.165, 1.54) is 34.1 Å². The number of fused-ring (bicyclic) bond motifs is 1. The molecule has 0 radical (unpaired) electrons. The Morgan fingerprint density at radius 2 is 1.84 bits per heavy atom. The van der Waals surface area contributed by atoms with Crippen molar-refractivity contribution in [3.05, 3.63) is 74.9 Å². The number of amides is 1. The molecule has 2 aromatic carbocycles. The number of rotatable bonds is 9. The van der Waals surface area contributed by atoms with E-state index in [0.717, 1.165) is 41.1 Å². The summed E-state index contributed by atoms with van der Waals surface area (Å²) in [5.74, 6) is -0.242. The van der Waals surface area contributed by atoms with Gasteiger partial charge in [0.15, 0.2) is 5.16 Å². The first-order valence-electron chi connectivity index (χ1n) is 12.0. The highest BCUT2D eigenvalue weighted by Crippen LogP contribution is 2.35. The van der Waals surface area contributed by atoms with E-state index in [1.54, 1.807) is 24.3 Å². The van der Waals surface area contributed by atoms with Crippen LogP contribution in [-0.4, -0.2) is 27.8 Å². The Bertz CT molecular complexity index is 1510. The molecule has 38 heavy (non-hydrogen) atoms. The molecule has 0 bridgehead atoms. The molecule has 1 amide bonds. The van der Waals surface area contributed by atoms with Gasteiger partial charge in [-0.15, -0.1) is 11.3 Å². The van der Waals surface area contributed by atoms with E-state index < -0.39 is 17.6 Å². The number of aromatic nitrogens is 2. The zero-order valence-electron chi connectivity index (χ0n) is 21.0. The van der Waals surface area contributed by atoms with Crippen LogP contribution in [0.4, 0.5) is 18.9 Å². The Hall–Kier alpha value is -3.31. The number of ether oxygens (including phenoxy) is 1. The van der Waals surface area contributed by atoms with Gasteiger partial charge in [0.2, 0.25) is 5.91 Å². The number of nitrogens with one attached hydrogen (secondary N) is 1. The van der Waals surface area contributed by atoms with Crippen LogP contribution in [0.25, 0.3) is 15.9 Å². The first-order valence-corrected chi connectivity index (χ1v) is 13.8. The molecule has 200 valence electrons. The number of carbonyl (C=O) groups excluding carboxylic acids is 1. The van der Waals surface area contributed by atoms with Crippen LogP contribution >= 0.6 is 23.1 Å². The van der Waals surface area contributed by atoms with Crippen molar-refractivity contribution in [3.63, 3.8) is 0 Å². The van der Waals surface area contributed by atoms with E-state index >= 15 is 0 Å². The molecule has 0 aliphatic heterocycles. The molecular weight excluding hydrogens is 535 g/mol. The summed E-state index contributed by atoms with van der Waals surface area (Å²) in [5, 5.41) is 3.14. The molecule has 0 saturated carbocycles. The number of thiophene rings is 1. The molecule has 0 saturated heterocycles. The topological polar surface area (TPSA) is 73.2 Å². The molecular formula is C27H26F3N3O3S2. The molecule has 11 heteroatoms. The number of thioether (sulfide) groups is 1. The summed E-state index contributed by atoms with van der Waals surface area (Å²) < 4.78 is 47.0. The quantitative estimate of drug-likeness (QED) is 0.179. The van der Waals surface area contributed by atoms with Gasteiger partial charge in [-0.2, -0.15) is 13.2 Å². The maximum absolute atomic E-state index is 13.7. The first kappa shape index (κ1) is 27.7. The van der Waals surface area contributed by atoms with Gasteiger partial charge in [0.05, 0.1) is 34.7 Å². The first-order chi connectivity index (χ1) is 18.1. The number of benzene rings is 2. The Balaban J connectivity index is 1.70. The van der Waals surface area contributed by atoms with Crippen molar-refractivity contribution in [3.8, 4) is 11.4 Å². The summed E-state index contributed by atoms with van der Waals surface area (Å²) >= 11 is 2.44. The molecule has 0 aliphatic rings. The zero-order chi connectivity index (χ0) is 27.4. The minimum Gasteiger partial charge on any atom is -0.494 e. The van der Waals surface area contributed by atoms with Crippen molar-refractivity contribution in [2.45, 2.75) is 44.9 Å². The molecule has 6 nitrogen and oxygen atoms in total. The van der Waals surface area contributed by atoms with Gasteiger partial charge >= 0.3 is 6.18 Å². The van der Waals surface area contributed by atoms with E-state index in [9.17, 15) is 22.8 Å². The van der Waals surface area contributed by atoms with Crippen LogP contribution in [0.2, 0.25) is 0 Å². The van der Waals surface area contributed by atoms with Crippen molar-refractivity contribution in [1.29, 1.82) is 0 Å². The summed E-state index contributed by atoms with van der Waals surface area (Å²) in [6.07, 6.45) is -2.87. The highest BCUT2D eigenvalue weighted by atomic mass is 32.2. The third kappa shape index (κ3) is 5.88. The maximum atomic E-state index is 13.7. The average Bonchev–Trinajstić information content (AvgIpc) is 3.19. The van der Waals surface area contributed by atoms with Crippen LogP contribution in [0.15, 0.2) is 58.5 Å². The fourth-order valence-electron chi connectivity index (χ4n) is 4.01. The zero-order valence-corrected chi connectivity index (χ0v) is 22.6. The van der Waals surface area contributed by atoms with Gasteiger partial charge in [-0.05, 0) is 62.2 Å². The molecule has 0 aliphatic carbocycles. The average molecular weight is 562 g/mol. The van der Waals surface area contributed by atoms with Gasteiger partial charge < -0.3 is 10.1 Å². The summed E-state index contributed by atoms with van der Waals surface area (Å²) in [6, 6.07) is 11.8. The maximum Gasteiger partial charge on any atom is 0.418 e. The second-order valence-electron chi connectivity index (χ2n) is 8.42.